The van der Waals surface area contributed by atoms with Gasteiger partial charge in [0.1, 0.15) is 18.2 Å². The number of thiophene rings is 1. The van der Waals surface area contributed by atoms with E-state index in [1.807, 2.05) is 6.92 Å². The highest BCUT2D eigenvalue weighted by molar-refractivity contribution is 7.84. The highest BCUT2D eigenvalue weighted by Crippen LogP contribution is 2.41. The highest BCUT2D eigenvalue weighted by atomic mass is 32.2. The second-order valence-electron chi connectivity index (χ2n) is 9.95. The fourth-order valence-electron chi connectivity index (χ4n) is 5.23. The minimum absolute atomic E-state index is 0.0132. The van der Waals surface area contributed by atoms with E-state index in [4.69, 9.17) is 14.1 Å². The Kier molecular flexibility index (Phi) is 7.99. The summed E-state index contributed by atoms with van der Waals surface area (Å²) in [5, 5.41) is 8.19. The number of aromatic nitrogens is 2. The van der Waals surface area contributed by atoms with Crippen molar-refractivity contribution < 1.29 is 35.3 Å². The van der Waals surface area contributed by atoms with Crippen LogP contribution in [0, 0.1) is 12.8 Å². The number of carbonyl (C=O) groups is 1. The molecule has 1 saturated carbocycles. The average molecular weight is 597 g/mol. The van der Waals surface area contributed by atoms with E-state index < -0.39 is 28.1 Å². The first-order valence-electron chi connectivity index (χ1n) is 12.6. The molecule has 1 aromatic carbocycles. The van der Waals surface area contributed by atoms with Gasteiger partial charge in [0.2, 0.25) is 5.78 Å². The van der Waals surface area contributed by atoms with Crippen molar-refractivity contribution in [3.05, 3.63) is 74.4 Å². The number of ketones is 1. The van der Waals surface area contributed by atoms with Crippen LogP contribution in [0.5, 0.6) is 0 Å². The molecule has 0 saturated heterocycles. The van der Waals surface area contributed by atoms with Gasteiger partial charge >= 0.3 is 16.5 Å². The zero-order chi connectivity index (χ0) is 28.7. The fraction of sp³-hybridized carbons (Fsp3) is 0.423. The van der Waals surface area contributed by atoms with Gasteiger partial charge in [0.25, 0.3) is 0 Å². The first-order valence-corrected chi connectivity index (χ1v) is 14.9. The standard InChI is InChI=1S/C26H27F3N4O5S2/c1-14-19(24-20-9-17(26(27,28)29)4-3-16(20)6-7-37-24)10-22(39-14)23(34)21-11-31-13-32-25(21)33-18-5-2-15(8-18)12-38-40(30,35)36/h3-4,9-11,13,15,18,24H,2,5-8,12H2,1H3,(H2,30,35,36)(H,31,32,33)/t15?,18-,24?/m0/s1. The Labute approximate surface area is 233 Å². The van der Waals surface area contributed by atoms with Crippen LogP contribution in [0.25, 0.3) is 0 Å². The van der Waals surface area contributed by atoms with Crippen LogP contribution in [0.2, 0.25) is 0 Å². The van der Waals surface area contributed by atoms with Crippen LogP contribution >= 0.6 is 11.3 Å². The number of hydrogen-bond donors (Lipinski definition) is 2. The summed E-state index contributed by atoms with van der Waals surface area (Å²) >= 11 is 1.24. The Morgan fingerprint density at radius 3 is 2.80 bits per heavy atom. The summed E-state index contributed by atoms with van der Waals surface area (Å²) in [6.07, 6.45) is 0.0943. The number of nitrogens with two attached hydrogens (primary N) is 1. The molecule has 2 aromatic heterocycles. The molecule has 3 N–H and O–H groups in total. The molecule has 0 amide bonds. The van der Waals surface area contributed by atoms with Crippen molar-refractivity contribution in [1.29, 1.82) is 0 Å². The van der Waals surface area contributed by atoms with E-state index in [1.54, 1.807) is 6.07 Å². The second-order valence-corrected chi connectivity index (χ2v) is 12.4. The Morgan fingerprint density at radius 1 is 1.25 bits per heavy atom. The number of benzene rings is 1. The Balaban J connectivity index is 1.36. The molecular weight excluding hydrogens is 569 g/mol. The molecule has 40 heavy (non-hydrogen) atoms. The lowest BCUT2D eigenvalue weighted by Gasteiger charge is -2.27. The van der Waals surface area contributed by atoms with Crippen LogP contribution < -0.4 is 10.5 Å². The lowest BCUT2D eigenvalue weighted by molar-refractivity contribution is -0.137. The van der Waals surface area contributed by atoms with Gasteiger partial charge in [-0.05, 0) is 73.4 Å². The Morgan fingerprint density at radius 2 is 2.05 bits per heavy atom. The minimum Gasteiger partial charge on any atom is -0.368 e. The van der Waals surface area contributed by atoms with Gasteiger partial charge in [-0.3, -0.25) is 8.98 Å². The number of nitrogens with one attached hydrogen (secondary N) is 1. The molecule has 3 aromatic rings. The Hall–Kier alpha value is -2.91. The molecule has 2 aliphatic rings. The quantitative estimate of drug-likeness (QED) is 0.362. The van der Waals surface area contributed by atoms with Gasteiger partial charge in [-0.2, -0.15) is 21.6 Å². The number of nitrogens with zero attached hydrogens (tertiary/aromatic N) is 2. The van der Waals surface area contributed by atoms with E-state index in [0.717, 1.165) is 29.0 Å². The van der Waals surface area contributed by atoms with Crippen LogP contribution in [0.4, 0.5) is 19.0 Å². The topological polar surface area (TPSA) is 133 Å². The molecule has 14 heteroatoms. The lowest BCUT2D eigenvalue weighted by atomic mass is 9.91. The van der Waals surface area contributed by atoms with Gasteiger partial charge in [-0.1, -0.05) is 6.07 Å². The van der Waals surface area contributed by atoms with Crippen molar-refractivity contribution >= 4 is 33.2 Å². The molecule has 3 atom stereocenters. The van der Waals surface area contributed by atoms with Crippen molar-refractivity contribution in [2.45, 2.75) is 50.9 Å². The number of anilines is 1. The zero-order valence-corrected chi connectivity index (χ0v) is 23.0. The van der Waals surface area contributed by atoms with E-state index in [9.17, 15) is 26.4 Å². The SMILES string of the molecule is Cc1sc(C(=O)c2cncnc2N[C@H]2CCC(COS(N)(=O)=O)C2)cc1C1OCCc2ccc(C(F)(F)F)cc21. The number of hydrogen-bond acceptors (Lipinski definition) is 9. The summed E-state index contributed by atoms with van der Waals surface area (Å²) in [5.41, 5.74) is 1.40. The van der Waals surface area contributed by atoms with Gasteiger partial charge in [-0.25, -0.2) is 15.1 Å². The molecule has 1 fully saturated rings. The third-order valence-electron chi connectivity index (χ3n) is 7.18. The monoisotopic (exact) mass is 596 g/mol. The lowest BCUT2D eigenvalue weighted by Crippen LogP contribution is -2.22. The molecule has 214 valence electrons. The molecular formula is C26H27F3N4O5S2. The molecule has 1 aliphatic heterocycles. The molecule has 0 radical (unpaired) electrons. The smallest absolute Gasteiger partial charge is 0.368 e. The molecule has 5 rings (SSSR count). The van der Waals surface area contributed by atoms with Gasteiger partial charge in [0.15, 0.2) is 0 Å². The molecule has 9 nitrogen and oxygen atoms in total. The number of carbonyl (C=O) groups excluding carboxylic acids is 1. The zero-order valence-electron chi connectivity index (χ0n) is 21.4. The number of halogens is 3. The molecule has 2 unspecified atom stereocenters. The van der Waals surface area contributed by atoms with Crippen LogP contribution in [0.3, 0.4) is 0 Å². The average Bonchev–Trinajstić information content (AvgIpc) is 3.52. The normalized spacial score (nSPS) is 21.3. The summed E-state index contributed by atoms with van der Waals surface area (Å²) in [4.78, 5) is 23.0. The van der Waals surface area contributed by atoms with E-state index in [2.05, 4.69) is 15.3 Å². The van der Waals surface area contributed by atoms with Crippen molar-refractivity contribution in [3.8, 4) is 0 Å². The fourth-order valence-corrected chi connectivity index (χ4v) is 6.61. The molecule has 1 aliphatic carbocycles. The van der Waals surface area contributed by atoms with Crippen molar-refractivity contribution in [2.24, 2.45) is 11.1 Å². The number of aryl methyl sites for hydroxylation is 1. The van der Waals surface area contributed by atoms with E-state index >= 15 is 0 Å². The third kappa shape index (κ3) is 6.36. The predicted molar refractivity (Wildman–Crippen MR) is 141 cm³/mol. The summed E-state index contributed by atoms with van der Waals surface area (Å²) in [5.74, 6) is 0.00452. The van der Waals surface area contributed by atoms with Crippen molar-refractivity contribution in [2.75, 3.05) is 18.5 Å². The molecule has 0 bridgehead atoms. The van der Waals surface area contributed by atoms with Crippen LogP contribution in [-0.4, -0.2) is 43.4 Å². The number of rotatable bonds is 8. The van der Waals surface area contributed by atoms with Gasteiger partial charge in [0, 0.05) is 17.1 Å². The third-order valence-corrected chi connectivity index (χ3v) is 8.71. The molecule has 3 heterocycles. The Bertz CT molecular complexity index is 1530. The van der Waals surface area contributed by atoms with Crippen LogP contribution in [0.15, 0.2) is 36.8 Å². The first kappa shape index (κ1) is 28.6. The summed E-state index contributed by atoms with van der Waals surface area (Å²) < 4.78 is 73.1. The van der Waals surface area contributed by atoms with Gasteiger partial charge in [0.05, 0.1) is 29.2 Å². The summed E-state index contributed by atoms with van der Waals surface area (Å²) in [6, 6.07) is 5.32. The van der Waals surface area contributed by atoms with E-state index in [-0.39, 0.29) is 29.9 Å². The van der Waals surface area contributed by atoms with Crippen LogP contribution in [-0.2, 0) is 31.8 Å². The second kappa shape index (κ2) is 11.2. The maximum absolute atomic E-state index is 13.6. The first-order chi connectivity index (χ1) is 18.9. The molecule has 0 spiro atoms. The predicted octanol–water partition coefficient (Wildman–Crippen LogP) is 4.56. The maximum Gasteiger partial charge on any atom is 0.416 e. The van der Waals surface area contributed by atoms with Crippen molar-refractivity contribution in [3.63, 3.8) is 0 Å². The van der Waals surface area contributed by atoms with Crippen molar-refractivity contribution in [1.82, 2.24) is 9.97 Å². The van der Waals surface area contributed by atoms with Gasteiger partial charge in [-0.15, -0.1) is 11.3 Å². The summed E-state index contributed by atoms with van der Waals surface area (Å²) in [6.45, 7) is 2.15. The number of ether oxygens (including phenoxy) is 1. The minimum atomic E-state index is -4.48. The number of fused-ring (bicyclic) bond motifs is 1. The number of alkyl halides is 3. The highest BCUT2D eigenvalue weighted by Gasteiger charge is 2.34. The van der Waals surface area contributed by atoms with E-state index in [1.165, 1.54) is 29.9 Å². The van der Waals surface area contributed by atoms with Gasteiger partial charge < -0.3 is 10.1 Å². The largest absolute Gasteiger partial charge is 0.416 e. The summed E-state index contributed by atoms with van der Waals surface area (Å²) in [7, 11) is -4.02. The maximum atomic E-state index is 13.6. The van der Waals surface area contributed by atoms with Crippen LogP contribution in [0.1, 0.15) is 67.7 Å². The van der Waals surface area contributed by atoms with E-state index in [0.29, 0.717) is 47.7 Å².